The summed E-state index contributed by atoms with van der Waals surface area (Å²) in [5.41, 5.74) is 6.19. The van der Waals surface area contributed by atoms with E-state index in [4.69, 9.17) is 5.73 Å². The topological polar surface area (TPSA) is 69.2 Å². The van der Waals surface area contributed by atoms with Gasteiger partial charge in [-0.25, -0.2) is 0 Å². The third-order valence-corrected chi connectivity index (χ3v) is 2.66. The summed E-state index contributed by atoms with van der Waals surface area (Å²) in [6.07, 6.45) is 0. The van der Waals surface area contributed by atoms with Crippen LogP contribution in [0.2, 0.25) is 0 Å². The molecule has 0 aliphatic heterocycles. The molecular weight excluding hydrogens is 200 g/mol. The van der Waals surface area contributed by atoms with Crippen LogP contribution in [0.1, 0.15) is 13.8 Å². The number of hydrogen-bond acceptors (Lipinski definition) is 4. The number of nitro benzene ring substituents is 1. The first-order valence-electron chi connectivity index (χ1n) is 4.21. The molecule has 0 bridgehead atoms. The lowest BCUT2D eigenvalue weighted by molar-refractivity contribution is -0.384. The molecule has 0 spiro atoms. The number of nitrogen functional groups attached to an aromatic ring is 1. The zero-order valence-electron chi connectivity index (χ0n) is 8.06. The molecule has 2 N–H and O–H groups in total. The Morgan fingerprint density at radius 2 is 2.14 bits per heavy atom. The Labute approximate surface area is 86.6 Å². The lowest BCUT2D eigenvalue weighted by Gasteiger charge is -2.07. The van der Waals surface area contributed by atoms with Gasteiger partial charge >= 0.3 is 0 Å². The van der Waals surface area contributed by atoms with Gasteiger partial charge in [0.05, 0.1) is 10.6 Å². The molecule has 0 aromatic heterocycles. The Bertz CT molecular complexity index is 353. The van der Waals surface area contributed by atoms with Gasteiger partial charge in [0.2, 0.25) is 0 Å². The van der Waals surface area contributed by atoms with Crippen molar-refractivity contribution >= 4 is 23.1 Å². The van der Waals surface area contributed by atoms with E-state index in [1.807, 2.05) is 13.8 Å². The van der Waals surface area contributed by atoms with E-state index in [-0.39, 0.29) is 5.69 Å². The quantitative estimate of drug-likeness (QED) is 0.362. The smallest absolute Gasteiger partial charge is 0.271 e. The van der Waals surface area contributed by atoms with Crippen LogP contribution in [0.5, 0.6) is 0 Å². The standard InChI is InChI=1S/C9H12N2O2S/c1-6(2)14-9-4-3-7(11(12)13)5-8(9)10/h3-6H,10H2,1-2H3. The van der Waals surface area contributed by atoms with Crippen LogP contribution in [0.15, 0.2) is 23.1 Å². The van der Waals surface area contributed by atoms with Gasteiger partial charge in [-0.05, 0) is 6.07 Å². The van der Waals surface area contributed by atoms with E-state index >= 15 is 0 Å². The molecule has 0 atom stereocenters. The summed E-state index contributed by atoms with van der Waals surface area (Å²) in [4.78, 5) is 10.9. The number of hydrogen-bond donors (Lipinski definition) is 1. The Hall–Kier alpha value is -1.23. The minimum Gasteiger partial charge on any atom is -0.398 e. The highest BCUT2D eigenvalue weighted by Crippen LogP contribution is 2.30. The van der Waals surface area contributed by atoms with E-state index in [0.717, 1.165) is 4.90 Å². The number of anilines is 1. The highest BCUT2D eigenvalue weighted by atomic mass is 32.2. The molecule has 0 aliphatic carbocycles. The lowest BCUT2D eigenvalue weighted by atomic mass is 10.3. The zero-order valence-corrected chi connectivity index (χ0v) is 8.88. The summed E-state index contributed by atoms with van der Waals surface area (Å²) < 4.78 is 0. The third-order valence-electron chi connectivity index (χ3n) is 1.57. The molecule has 1 rings (SSSR count). The maximum atomic E-state index is 10.4. The van der Waals surface area contributed by atoms with Gasteiger partial charge in [-0.3, -0.25) is 10.1 Å². The summed E-state index contributed by atoms with van der Waals surface area (Å²) in [5, 5.41) is 10.8. The molecule has 0 radical (unpaired) electrons. The predicted molar refractivity (Wildman–Crippen MR) is 58.5 cm³/mol. The largest absolute Gasteiger partial charge is 0.398 e. The maximum absolute atomic E-state index is 10.4. The van der Waals surface area contributed by atoms with E-state index in [1.165, 1.54) is 12.1 Å². The van der Waals surface area contributed by atoms with Gasteiger partial charge < -0.3 is 5.73 Å². The highest BCUT2D eigenvalue weighted by Gasteiger charge is 2.09. The van der Waals surface area contributed by atoms with E-state index in [1.54, 1.807) is 17.8 Å². The minimum absolute atomic E-state index is 0.0376. The highest BCUT2D eigenvalue weighted by molar-refractivity contribution is 8.00. The molecule has 0 heterocycles. The molecule has 1 aromatic rings. The molecule has 0 amide bonds. The fourth-order valence-electron chi connectivity index (χ4n) is 1.01. The zero-order chi connectivity index (χ0) is 10.7. The summed E-state index contributed by atoms with van der Waals surface area (Å²) in [5.74, 6) is 0. The van der Waals surface area contributed by atoms with Crippen molar-refractivity contribution in [1.82, 2.24) is 0 Å². The molecule has 14 heavy (non-hydrogen) atoms. The number of benzene rings is 1. The van der Waals surface area contributed by atoms with Crippen molar-refractivity contribution in [1.29, 1.82) is 0 Å². The third kappa shape index (κ3) is 2.63. The number of nitrogens with zero attached hydrogens (tertiary/aromatic N) is 1. The van der Waals surface area contributed by atoms with Crippen molar-refractivity contribution in [2.24, 2.45) is 0 Å². The normalized spacial score (nSPS) is 10.5. The molecule has 0 aliphatic rings. The van der Waals surface area contributed by atoms with Gasteiger partial charge in [0.15, 0.2) is 0 Å². The van der Waals surface area contributed by atoms with Crippen molar-refractivity contribution in [2.45, 2.75) is 24.0 Å². The minimum atomic E-state index is -0.444. The molecule has 0 saturated carbocycles. The summed E-state index contributed by atoms with van der Waals surface area (Å²) >= 11 is 1.60. The molecule has 5 heteroatoms. The van der Waals surface area contributed by atoms with Crippen LogP contribution in [-0.4, -0.2) is 10.2 Å². The van der Waals surface area contributed by atoms with E-state index in [9.17, 15) is 10.1 Å². The van der Waals surface area contributed by atoms with Gasteiger partial charge in [0.25, 0.3) is 5.69 Å². The molecule has 0 unspecified atom stereocenters. The summed E-state index contributed by atoms with van der Waals surface area (Å²) in [6.45, 7) is 4.09. The van der Waals surface area contributed by atoms with Gasteiger partial charge in [0, 0.05) is 22.3 Å². The average molecular weight is 212 g/mol. The second-order valence-electron chi connectivity index (χ2n) is 3.15. The fraction of sp³-hybridized carbons (Fsp3) is 0.333. The van der Waals surface area contributed by atoms with Crippen molar-refractivity contribution < 1.29 is 4.92 Å². The Kier molecular flexibility index (Phi) is 3.35. The van der Waals surface area contributed by atoms with Crippen LogP contribution in [0, 0.1) is 10.1 Å². The van der Waals surface area contributed by atoms with E-state index in [0.29, 0.717) is 10.9 Å². The first-order chi connectivity index (χ1) is 6.50. The van der Waals surface area contributed by atoms with Crippen molar-refractivity contribution in [3.63, 3.8) is 0 Å². The van der Waals surface area contributed by atoms with Crippen molar-refractivity contribution in [2.75, 3.05) is 5.73 Å². The van der Waals surface area contributed by atoms with Gasteiger partial charge in [0.1, 0.15) is 0 Å². The first kappa shape index (κ1) is 10.8. The van der Waals surface area contributed by atoms with Crippen molar-refractivity contribution in [3.8, 4) is 0 Å². The van der Waals surface area contributed by atoms with Crippen LogP contribution >= 0.6 is 11.8 Å². The van der Waals surface area contributed by atoms with Crippen LogP contribution in [-0.2, 0) is 0 Å². The van der Waals surface area contributed by atoms with Crippen LogP contribution in [0.25, 0.3) is 0 Å². The van der Waals surface area contributed by atoms with Crippen LogP contribution in [0.4, 0.5) is 11.4 Å². The van der Waals surface area contributed by atoms with E-state index in [2.05, 4.69) is 0 Å². The summed E-state index contributed by atoms with van der Waals surface area (Å²) in [6, 6.07) is 4.56. The SMILES string of the molecule is CC(C)Sc1ccc([N+](=O)[O-])cc1N. The second kappa shape index (κ2) is 4.32. The number of nitro groups is 1. The van der Waals surface area contributed by atoms with Gasteiger partial charge in [-0.1, -0.05) is 13.8 Å². The van der Waals surface area contributed by atoms with Crippen molar-refractivity contribution in [3.05, 3.63) is 28.3 Å². The Morgan fingerprint density at radius 3 is 2.57 bits per heavy atom. The fourth-order valence-corrected chi connectivity index (χ4v) is 1.86. The summed E-state index contributed by atoms with van der Waals surface area (Å²) in [7, 11) is 0. The van der Waals surface area contributed by atoms with Gasteiger partial charge in [-0.15, -0.1) is 11.8 Å². The molecule has 1 aromatic carbocycles. The molecular formula is C9H12N2O2S. The van der Waals surface area contributed by atoms with Crippen LogP contribution < -0.4 is 5.73 Å². The van der Waals surface area contributed by atoms with Crippen LogP contribution in [0.3, 0.4) is 0 Å². The Balaban J connectivity index is 2.95. The number of rotatable bonds is 3. The Morgan fingerprint density at radius 1 is 1.50 bits per heavy atom. The molecule has 0 saturated heterocycles. The molecule has 76 valence electrons. The van der Waals surface area contributed by atoms with Gasteiger partial charge in [-0.2, -0.15) is 0 Å². The number of nitrogens with two attached hydrogens (primary N) is 1. The lowest BCUT2D eigenvalue weighted by Crippen LogP contribution is -1.95. The first-order valence-corrected chi connectivity index (χ1v) is 5.09. The maximum Gasteiger partial charge on any atom is 0.271 e. The monoisotopic (exact) mass is 212 g/mol. The number of non-ortho nitro benzene ring substituents is 1. The second-order valence-corrected chi connectivity index (χ2v) is 4.76. The number of thioether (sulfide) groups is 1. The van der Waals surface area contributed by atoms with E-state index < -0.39 is 4.92 Å². The molecule has 4 nitrogen and oxygen atoms in total. The molecule has 0 fully saturated rings. The average Bonchev–Trinajstić information content (AvgIpc) is 2.07. The predicted octanol–water partition coefficient (Wildman–Crippen LogP) is 2.68.